The fraction of sp³-hybridized carbons (Fsp3) is 0.462. The van der Waals surface area contributed by atoms with Crippen molar-refractivity contribution < 1.29 is 4.79 Å². The summed E-state index contributed by atoms with van der Waals surface area (Å²) in [7, 11) is 0. The summed E-state index contributed by atoms with van der Waals surface area (Å²) >= 11 is 5.31. The molecule has 1 aromatic heterocycles. The van der Waals surface area contributed by atoms with Crippen molar-refractivity contribution in [3.63, 3.8) is 0 Å². The van der Waals surface area contributed by atoms with Crippen molar-refractivity contribution in [2.45, 2.75) is 32.7 Å². The summed E-state index contributed by atoms with van der Waals surface area (Å²) in [5.41, 5.74) is 0. The van der Waals surface area contributed by atoms with Crippen LogP contribution in [0.2, 0.25) is 0 Å². The average molecular weight is 263 g/mol. The first-order valence-electron chi connectivity index (χ1n) is 6.14. The molecule has 0 spiro atoms. The lowest BCUT2D eigenvalue weighted by Gasteiger charge is -2.28. The topological polar surface area (TPSA) is 45.2 Å². The van der Waals surface area contributed by atoms with E-state index in [1.165, 1.54) is 0 Å². The molecule has 5 heteroatoms. The van der Waals surface area contributed by atoms with Crippen molar-refractivity contribution in [2.24, 2.45) is 5.92 Å². The highest BCUT2D eigenvalue weighted by molar-refractivity contribution is 7.80. The van der Waals surface area contributed by atoms with Crippen LogP contribution in [0.3, 0.4) is 0 Å². The third-order valence-corrected chi connectivity index (χ3v) is 3.11. The molecule has 0 radical (unpaired) electrons. The standard InChI is InChI=1S/C13H17N3OS/c1-9(2)16(11-5-3-4-8-14-11)13(18)15-12(17)10-6-7-10/h3-5,8-10H,6-7H2,1-2H3,(H,15,17,18). The molecule has 0 bridgehead atoms. The third-order valence-electron chi connectivity index (χ3n) is 2.81. The molecule has 1 heterocycles. The Labute approximate surface area is 112 Å². The van der Waals surface area contributed by atoms with E-state index in [2.05, 4.69) is 10.3 Å². The van der Waals surface area contributed by atoms with E-state index in [1.54, 1.807) is 6.20 Å². The number of hydrogen-bond donors (Lipinski definition) is 1. The van der Waals surface area contributed by atoms with Crippen molar-refractivity contribution in [2.75, 3.05) is 4.90 Å². The van der Waals surface area contributed by atoms with Crippen LogP contribution in [0, 0.1) is 5.92 Å². The van der Waals surface area contributed by atoms with Gasteiger partial charge >= 0.3 is 0 Å². The van der Waals surface area contributed by atoms with Crippen LogP contribution in [0.25, 0.3) is 0 Å². The van der Waals surface area contributed by atoms with Crippen molar-refractivity contribution in [1.82, 2.24) is 10.3 Å². The molecule has 0 atom stereocenters. The minimum atomic E-state index is 0.0292. The highest BCUT2D eigenvalue weighted by atomic mass is 32.1. The quantitative estimate of drug-likeness (QED) is 0.848. The Morgan fingerprint density at radius 1 is 1.50 bits per heavy atom. The van der Waals surface area contributed by atoms with Crippen molar-refractivity contribution in [3.05, 3.63) is 24.4 Å². The Morgan fingerprint density at radius 2 is 2.22 bits per heavy atom. The number of anilines is 1. The summed E-state index contributed by atoms with van der Waals surface area (Å²) < 4.78 is 0. The van der Waals surface area contributed by atoms with Gasteiger partial charge in [-0.25, -0.2) is 4.98 Å². The Morgan fingerprint density at radius 3 is 2.72 bits per heavy atom. The van der Waals surface area contributed by atoms with Gasteiger partial charge in [-0.3, -0.25) is 4.79 Å². The van der Waals surface area contributed by atoms with Gasteiger partial charge in [-0.1, -0.05) is 6.07 Å². The van der Waals surface area contributed by atoms with Gasteiger partial charge in [0.25, 0.3) is 0 Å². The normalized spacial score (nSPS) is 14.4. The van der Waals surface area contributed by atoms with Crippen molar-refractivity contribution in [3.8, 4) is 0 Å². The van der Waals surface area contributed by atoms with Crippen LogP contribution < -0.4 is 10.2 Å². The SMILES string of the molecule is CC(C)N(C(=S)NC(=O)C1CC1)c1ccccn1. The molecule has 1 aliphatic rings. The maximum atomic E-state index is 11.7. The molecule has 4 nitrogen and oxygen atoms in total. The molecule has 0 saturated heterocycles. The lowest BCUT2D eigenvalue weighted by molar-refractivity contribution is -0.120. The van der Waals surface area contributed by atoms with Crippen LogP contribution in [0.15, 0.2) is 24.4 Å². The van der Waals surface area contributed by atoms with Gasteiger partial charge in [0.15, 0.2) is 5.11 Å². The predicted octanol–water partition coefficient (Wildman–Crippen LogP) is 2.11. The van der Waals surface area contributed by atoms with Crippen molar-refractivity contribution >= 4 is 29.1 Å². The molecule has 1 amide bonds. The molecular formula is C13H17N3OS. The first-order valence-corrected chi connectivity index (χ1v) is 6.55. The molecule has 1 saturated carbocycles. The number of thiocarbonyl (C=S) groups is 1. The Bertz CT molecular complexity index is 443. The van der Waals surface area contributed by atoms with E-state index in [0.717, 1.165) is 18.7 Å². The summed E-state index contributed by atoms with van der Waals surface area (Å²) in [5.74, 6) is 0.941. The second-order valence-electron chi connectivity index (χ2n) is 4.72. The molecule has 18 heavy (non-hydrogen) atoms. The zero-order valence-electron chi connectivity index (χ0n) is 10.6. The van der Waals surface area contributed by atoms with Crippen LogP contribution in [-0.4, -0.2) is 22.0 Å². The second-order valence-corrected chi connectivity index (χ2v) is 5.11. The fourth-order valence-electron chi connectivity index (χ4n) is 1.71. The molecule has 0 aromatic carbocycles. The zero-order chi connectivity index (χ0) is 13.1. The van der Waals surface area contributed by atoms with Gasteiger partial charge in [-0.15, -0.1) is 0 Å². The number of carbonyl (C=O) groups is 1. The third kappa shape index (κ3) is 3.04. The van der Waals surface area contributed by atoms with E-state index in [1.807, 2.05) is 36.9 Å². The van der Waals surface area contributed by atoms with Crippen molar-refractivity contribution in [1.29, 1.82) is 0 Å². The summed E-state index contributed by atoms with van der Waals surface area (Å²) in [4.78, 5) is 17.9. The monoisotopic (exact) mass is 263 g/mol. The Kier molecular flexibility index (Phi) is 3.91. The first-order chi connectivity index (χ1) is 8.59. The molecule has 1 N–H and O–H groups in total. The Balaban J connectivity index is 2.10. The van der Waals surface area contributed by atoms with Gasteiger partial charge in [-0.05, 0) is 51.0 Å². The lowest BCUT2D eigenvalue weighted by atomic mass is 10.3. The minimum absolute atomic E-state index is 0.0292. The number of pyridine rings is 1. The molecule has 96 valence electrons. The molecule has 1 aliphatic carbocycles. The van der Waals surface area contributed by atoms with Gasteiger partial charge < -0.3 is 10.2 Å². The van der Waals surface area contributed by atoms with Gasteiger partial charge in [0.05, 0.1) is 0 Å². The Hall–Kier alpha value is -1.49. The molecular weight excluding hydrogens is 246 g/mol. The largest absolute Gasteiger partial charge is 0.302 e. The maximum Gasteiger partial charge on any atom is 0.229 e. The first kappa shape index (κ1) is 13.0. The predicted molar refractivity (Wildman–Crippen MR) is 75.3 cm³/mol. The lowest BCUT2D eigenvalue weighted by Crippen LogP contribution is -2.47. The van der Waals surface area contributed by atoms with E-state index in [9.17, 15) is 4.79 Å². The van der Waals surface area contributed by atoms with Crippen LogP contribution in [0.4, 0.5) is 5.82 Å². The number of carbonyl (C=O) groups excluding carboxylic acids is 1. The maximum absolute atomic E-state index is 11.7. The minimum Gasteiger partial charge on any atom is -0.302 e. The highest BCUT2D eigenvalue weighted by Crippen LogP contribution is 2.28. The van der Waals surface area contributed by atoms with Gasteiger partial charge in [0, 0.05) is 18.2 Å². The van der Waals surface area contributed by atoms with E-state index in [-0.39, 0.29) is 17.9 Å². The van der Waals surface area contributed by atoms with Crippen LogP contribution in [-0.2, 0) is 4.79 Å². The average Bonchev–Trinajstić information content (AvgIpc) is 3.13. The zero-order valence-corrected chi connectivity index (χ0v) is 11.4. The van der Waals surface area contributed by atoms with Gasteiger partial charge in [-0.2, -0.15) is 0 Å². The summed E-state index contributed by atoms with van der Waals surface area (Å²) in [6, 6.07) is 5.79. The van der Waals surface area contributed by atoms with Gasteiger partial charge in [0.2, 0.25) is 5.91 Å². The number of nitrogens with zero attached hydrogens (tertiary/aromatic N) is 2. The van der Waals surface area contributed by atoms with Crippen LogP contribution in [0.5, 0.6) is 0 Å². The number of amides is 1. The number of hydrogen-bond acceptors (Lipinski definition) is 3. The van der Waals surface area contributed by atoms with Gasteiger partial charge in [0.1, 0.15) is 5.82 Å². The molecule has 0 aliphatic heterocycles. The van der Waals surface area contributed by atoms with E-state index < -0.39 is 0 Å². The molecule has 1 aromatic rings. The summed E-state index contributed by atoms with van der Waals surface area (Å²) in [6.45, 7) is 4.04. The van der Waals surface area contributed by atoms with E-state index >= 15 is 0 Å². The van der Waals surface area contributed by atoms with E-state index in [4.69, 9.17) is 12.2 Å². The number of rotatable bonds is 3. The molecule has 1 fully saturated rings. The summed E-state index contributed by atoms with van der Waals surface area (Å²) in [5, 5.41) is 3.23. The van der Waals surface area contributed by atoms with E-state index in [0.29, 0.717) is 5.11 Å². The van der Waals surface area contributed by atoms with Crippen LogP contribution >= 0.6 is 12.2 Å². The summed E-state index contributed by atoms with van der Waals surface area (Å²) in [6.07, 6.45) is 3.66. The smallest absolute Gasteiger partial charge is 0.229 e. The molecule has 0 unspecified atom stereocenters. The fourth-order valence-corrected chi connectivity index (χ4v) is 2.12. The molecule has 2 rings (SSSR count). The van der Waals surface area contributed by atoms with Crippen LogP contribution in [0.1, 0.15) is 26.7 Å². The second kappa shape index (κ2) is 5.44. The number of nitrogens with one attached hydrogen (secondary N) is 1. The highest BCUT2D eigenvalue weighted by Gasteiger charge is 2.31. The number of aromatic nitrogens is 1.